The van der Waals surface area contributed by atoms with Crippen LogP contribution in [0.3, 0.4) is 0 Å². The molecule has 0 aliphatic carbocycles. The number of hydrogen-bond acceptors (Lipinski definition) is 3. The Balaban J connectivity index is 2.06. The number of fused-ring (bicyclic) bond motifs is 1. The Bertz CT molecular complexity index is 873. The second-order valence-electron chi connectivity index (χ2n) is 5.33. The van der Waals surface area contributed by atoms with Gasteiger partial charge in [0.05, 0.1) is 5.57 Å². The van der Waals surface area contributed by atoms with E-state index >= 15 is 0 Å². The van der Waals surface area contributed by atoms with Gasteiger partial charge in [0, 0.05) is 21.3 Å². The lowest BCUT2D eigenvalue weighted by molar-refractivity contribution is -0.139. The predicted molar refractivity (Wildman–Crippen MR) is 95.0 cm³/mol. The van der Waals surface area contributed by atoms with Gasteiger partial charge in [0.15, 0.2) is 6.61 Å². The smallest absolute Gasteiger partial charge is 0.341 e. The van der Waals surface area contributed by atoms with Gasteiger partial charge in [0.2, 0.25) is 0 Å². The third-order valence-electron chi connectivity index (χ3n) is 3.73. The second kappa shape index (κ2) is 6.49. The highest BCUT2D eigenvalue weighted by molar-refractivity contribution is 9.10. The highest BCUT2D eigenvalue weighted by Crippen LogP contribution is 2.39. The second-order valence-corrected chi connectivity index (χ2v) is 6.18. The maximum atomic E-state index is 12.3. The zero-order chi connectivity index (χ0) is 17.3. The molecule has 1 aliphatic heterocycles. The molecule has 0 bridgehead atoms. The van der Waals surface area contributed by atoms with Crippen LogP contribution in [0, 0.1) is 6.92 Å². The minimum absolute atomic E-state index is 0.195. The van der Waals surface area contributed by atoms with Crippen molar-refractivity contribution in [3.63, 3.8) is 0 Å². The van der Waals surface area contributed by atoms with Gasteiger partial charge < -0.3 is 15.2 Å². The molecule has 0 spiro atoms. The molecule has 6 heteroatoms. The fraction of sp³-hybridized carbons (Fsp3) is 0.111. The summed E-state index contributed by atoms with van der Waals surface area (Å²) in [4.78, 5) is 23.1. The van der Waals surface area contributed by atoms with E-state index < -0.39 is 12.6 Å². The number of ether oxygens (including phenoxy) is 1. The highest BCUT2D eigenvalue weighted by Gasteiger charge is 2.27. The molecule has 0 saturated carbocycles. The Morgan fingerprint density at radius 2 is 2.04 bits per heavy atom. The van der Waals surface area contributed by atoms with Crippen molar-refractivity contribution in [2.24, 2.45) is 0 Å². The first-order valence-corrected chi connectivity index (χ1v) is 8.03. The number of halogens is 1. The van der Waals surface area contributed by atoms with Gasteiger partial charge in [-0.1, -0.05) is 34.1 Å². The molecule has 0 aromatic heterocycles. The summed E-state index contributed by atoms with van der Waals surface area (Å²) in [6, 6.07) is 10.8. The molecule has 0 unspecified atom stereocenters. The lowest BCUT2D eigenvalue weighted by atomic mass is 9.99. The molecule has 0 saturated heterocycles. The number of carbonyl (C=O) groups is 2. The standard InChI is InChI=1S/C18H14BrNO4/c1-10-13(19)6-7-14-17(10)12(18(23)20-14)8-11-4-2-3-5-15(11)24-9-16(21)22/h2-8H,9H2,1H3,(H,20,23)(H,21,22). The Hall–Kier alpha value is -2.60. The number of carbonyl (C=O) groups excluding carboxylic acids is 1. The molecular formula is C18H14BrNO4. The summed E-state index contributed by atoms with van der Waals surface area (Å²) < 4.78 is 6.22. The fourth-order valence-corrected chi connectivity index (χ4v) is 2.94. The molecule has 2 aromatic rings. The van der Waals surface area contributed by atoms with E-state index in [0.717, 1.165) is 21.3 Å². The van der Waals surface area contributed by atoms with Crippen LogP contribution in [0.2, 0.25) is 0 Å². The molecule has 0 atom stereocenters. The quantitative estimate of drug-likeness (QED) is 0.783. The van der Waals surface area contributed by atoms with Crippen molar-refractivity contribution in [1.82, 2.24) is 0 Å². The maximum absolute atomic E-state index is 12.3. The number of rotatable bonds is 4. The van der Waals surface area contributed by atoms with Gasteiger partial charge in [0.25, 0.3) is 5.91 Å². The van der Waals surface area contributed by atoms with Crippen LogP contribution in [-0.2, 0) is 9.59 Å². The minimum Gasteiger partial charge on any atom is -0.481 e. The van der Waals surface area contributed by atoms with Crippen molar-refractivity contribution in [2.45, 2.75) is 6.92 Å². The molecule has 2 N–H and O–H groups in total. The first kappa shape index (κ1) is 16.3. The van der Waals surface area contributed by atoms with Gasteiger partial charge in [-0.05, 0) is 36.8 Å². The molecule has 24 heavy (non-hydrogen) atoms. The summed E-state index contributed by atoms with van der Waals surface area (Å²) in [5.41, 5.74) is 3.73. The molecule has 5 nitrogen and oxygen atoms in total. The van der Waals surface area contributed by atoms with Gasteiger partial charge in [-0.15, -0.1) is 0 Å². The van der Waals surface area contributed by atoms with Crippen molar-refractivity contribution in [3.8, 4) is 5.75 Å². The molecule has 122 valence electrons. The number of anilines is 1. The van der Waals surface area contributed by atoms with Crippen LogP contribution in [0.25, 0.3) is 11.6 Å². The van der Waals surface area contributed by atoms with Crippen molar-refractivity contribution in [1.29, 1.82) is 0 Å². The number of aliphatic carboxylic acids is 1. The number of carboxylic acids is 1. The van der Waals surface area contributed by atoms with Crippen LogP contribution >= 0.6 is 15.9 Å². The van der Waals surface area contributed by atoms with E-state index in [1.54, 1.807) is 24.3 Å². The Morgan fingerprint density at radius 3 is 2.79 bits per heavy atom. The first-order valence-electron chi connectivity index (χ1n) is 7.23. The summed E-state index contributed by atoms with van der Waals surface area (Å²) in [5, 5.41) is 11.6. The summed E-state index contributed by atoms with van der Waals surface area (Å²) >= 11 is 3.48. The third kappa shape index (κ3) is 3.05. The van der Waals surface area contributed by atoms with Gasteiger partial charge in [0.1, 0.15) is 5.75 Å². The largest absolute Gasteiger partial charge is 0.481 e. The van der Waals surface area contributed by atoms with Gasteiger partial charge in [-0.3, -0.25) is 4.79 Å². The van der Waals surface area contributed by atoms with E-state index in [1.807, 2.05) is 25.1 Å². The third-order valence-corrected chi connectivity index (χ3v) is 4.59. The average Bonchev–Trinajstić information content (AvgIpc) is 2.87. The molecular weight excluding hydrogens is 374 g/mol. The minimum atomic E-state index is -1.05. The average molecular weight is 388 g/mol. The van der Waals surface area contributed by atoms with Gasteiger partial charge in [-0.2, -0.15) is 0 Å². The maximum Gasteiger partial charge on any atom is 0.341 e. The molecule has 0 fully saturated rings. The summed E-state index contributed by atoms with van der Waals surface area (Å²) in [6.45, 7) is 1.50. The SMILES string of the molecule is Cc1c(Br)ccc2c1C(=Cc1ccccc1OCC(=O)O)C(=O)N2. The van der Waals surface area contributed by atoms with Gasteiger partial charge in [-0.25, -0.2) is 4.79 Å². The van der Waals surface area contributed by atoms with Crippen LogP contribution in [0.5, 0.6) is 5.75 Å². The van der Waals surface area contributed by atoms with Crippen molar-refractivity contribution in [2.75, 3.05) is 11.9 Å². The zero-order valence-electron chi connectivity index (χ0n) is 12.8. The molecule has 3 rings (SSSR count). The molecule has 1 heterocycles. The van der Waals surface area contributed by atoms with Crippen molar-refractivity contribution >= 4 is 45.1 Å². The van der Waals surface area contributed by atoms with Crippen molar-refractivity contribution < 1.29 is 19.4 Å². The number of amides is 1. The van der Waals surface area contributed by atoms with Crippen molar-refractivity contribution in [3.05, 3.63) is 57.6 Å². The molecule has 1 amide bonds. The summed E-state index contributed by atoms with van der Waals surface area (Å²) in [6.07, 6.45) is 1.72. The molecule has 0 radical (unpaired) electrons. The monoisotopic (exact) mass is 387 g/mol. The first-order chi connectivity index (χ1) is 11.5. The van der Waals surface area contributed by atoms with Crippen LogP contribution in [-0.4, -0.2) is 23.6 Å². The Labute approximate surface area is 147 Å². The number of carboxylic acid groups (broad SMARTS) is 1. The fourth-order valence-electron chi connectivity index (χ4n) is 2.60. The van der Waals surface area contributed by atoms with Crippen LogP contribution in [0.4, 0.5) is 5.69 Å². The predicted octanol–water partition coefficient (Wildman–Crippen LogP) is 3.71. The van der Waals surface area contributed by atoms with E-state index in [2.05, 4.69) is 21.2 Å². The van der Waals surface area contributed by atoms with Gasteiger partial charge >= 0.3 is 5.97 Å². The lowest BCUT2D eigenvalue weighted by Crippen LogP contribution is -2.10. The topological polar surface area (TPSA) is 75.6 Å². The zero-order valence-corrected chi connectivity index (χ0v) is 14.4. The van der Waals surface area contributed by atoms with E-state index in [0.29, 0.717) is 16.9 Å². The highest BCUT2D eigenvalue weighted by atomic mass is 79.9. The Morgan fingerprint density at radius 1 is 1.29 bits per heavy atom. The summed E-state index contributed by atoms with van der Waals surface area (Å²) in [5.74, 6) is -0.832. The number of para-hydroxylation sites is 1. The Kier molecular flexibility index (Phi) is 4.40. The molecule has 2 aromatic carbocycles. The van der Waals surface area contributed by atoms with Crippen LogP contribution < -0.4 is 10.1 Å². The van der Waals surface area contributed by atoms with E-state index in [-0.39, 0.29) is 5.91 Å². The lowest BCUT2D eigenvalue weighted by Gasteiger charge is -2.09. The van der Waals surface area contributed by atoms with Crippen LogP contribution in [0.1, 0.15) is 16.7 Å². The normalized spacial score (nSPS) is 14.4. The number of benzene rings is 2. The number of nitrogens with one attached hydrogen (secondary N) is 1. The number of hydrogen-bond donors (Lipinski definition) is 2. The van der Waals surface area contributed by atoms with E-state index in [1.165, 1.54) is 0 Å². The van der Waals surface area contributed by atoms with E-state index in [4.69, 9.17) is 9.84 Å². The molecule has 1 aliphatic rings. The van der Waals surface area contributed by atoms with E-state index in [9.17, 15) is 9.59 Å². The summed E-state index contributed by atoms with van der Waals surface area (Å²) in [7, 11) is 0. The van der Waals surface area contributed by atoms with Crippen LogP contribution in [0.15, 0.2) is 40.9 Å².